The monoisotopic (exact) mass is 198 g/mol. The molecule has 0 amide bonds. The zero-order chi connectivity index (χ0) is 9.86. The molecule has 1 aliphatic heterocycles. The summed E-state index contributed by atoms with van der Waals surface area (Å²) in [6, 6.07) is 0. The molecule has 82 valence electrons. The number of hydrogen-bond acceptors (Lipinski definition) is 3. The lowest BCUT2D eigenvalue weighted by molar-refractivity contribution is 0.0356. The third-order valence-corrected chi connectivity index (χ3v) is 3.60. The molecule has 1 aliphatic carbocycles. The summed E-state index contributed by atoms with van der Waals surface area (Å²) in [5.74, 6) is 0. The molecule has 0 spiro atoms. The smallest absolute Gasteiger partial charge is 0.0594 e. The molecule has 14 heavy (non-hydrogen) atoms. The topological polar surface area (TPSA) is 38.5 Å². The molecule has 0 aromatic heterocycles. The fraction of sp³-hybridized carbons (Fsp3) is 1.00. The number of hydrogen-bond donors (Lipinski definition) is 1. The average molecular weight is 198 g/mol. The van der Waals surface area contributed by atoms with Gasteiger partial charge in [0.25, 0.3) is 0 Å². The van der Waals surface area contributed by atoms with E-state index in [2.05, 4.69) is 4.90 Å². The average Bonchev–Trinajstić information content (AvgIpc) is 2.17. The summed E-state index contributed by atoms with van der Waals surface area (Å²) in [5, 5.41) is 0. The van der Waals surface area contributed by atoms with Crippen molar-refractivity contribution < 1.29 is 4.74 Å². The van der Waals surface area contributed by atoms with Gasteiger partial charge in [-0.1, -0.05) is 0 Å². The van der Waals surface area contributed by atoms with Crippen LogP contribution in [0.4, 0.5) is 0 Å². The second-order valence-corrected chi connectivity index (χ2v) is 4.77. The van der Waals surface area contributed by atoms with Gasteiger partial charge in [-0.2, -0.15) is 0 Å². The maximum Gasteiger partial charge on any atom is 0.0594 e. The van der Waals surface area contributed by atoms with E-state index < -0.39 is 0 Å². The van der Waals surface area contributed by atoms with Gasteiger partial charge in [0.15, 0.2) is 0 Å². The molecule has 3 heteroatoms. The number of nitrogens with zero attached hydrogens (tertiary/aromatic N) is 1. The van der Waals surface area contributed by atoms with Crippen molar-refractivity contribution in [2.75, 3.05) is 32.8 Å². The van der Waals surface area contributed by atoms with Crippen LogP contribution in [0.5, 0.6) is 0 Å². The van der Waals surface area contributed by atoms with Crippen LogP contribution >= 0.6 is 0 Å². The summed E-state index contributed by atoms with van der Waals surface area (Å²) in [6.45, 7) is 5.25. The third-order valence-electron chi connectivity index (χ3n) is 3.60. The minimum Gasteiger partial charge on any atom is -0.379 e. The number of ether oxygens (including phenoxy) is 1. The summed E-state index contributed by atoms with van der Waals surface area (Å²) < 4.78 is 5.31. The van der Waals surface area contributed by atoms with Crippen LogP contribution in [0.25, 0.3) is 0 Å². The molecule has 1 saturated carbocycles. The van der Waals surface area contributed by atoms with E-state index in [1.54, 1.807) is 0 Å². The Morgan fingerprint density at radius 1 is 1.21 bits per heavy atom. The Morgan fingerprint density at radius 3 is 2.50 bits per heavy atom. The highest BCUT2D eigenvalue weighted by molar-refractivity contribution is 4.92. The summed E-state index contributed by atoms with van der Waals surface area (Å²) in [4.78, 5) is 2.49. The van der Waals surface area contributed by atoms with Crippen LogP contribution < -0.4 is 5.73 Å². The Morgan fingerprint density at radius 2 is 1.93 bits per heavy atom. The quantitative estimate of drug-likeness (QED) is 0.732. The van der Waals surface area contributed by atoms with Gasteiger partial charge in [-0.25, -0.2) is 0 Å². The molecule has 1 heterocycles. The predicted molar refractivity (Wildman–Crippen MR) is 57.3 cm³/mol. The molecule has 0 unspecified atom stereocenters. The molecular formula is C11H22N2O. The molecule has 0 aromatic rings. The van der Waals surface area contributed by atoms with Crippen molar-refractivity contribution in [2.45, 2.75) is 37.6 Å². The van der Waals surface area contributed by atoms with Gasteiger partial charge in [0, 0.05) is 18.6 Å². The molecule has 2 N–H and O–H groups in total. The first-order valence-corrected chi connectivity index (χ1v) is 5.88. The summed E-state index contributed by atoms with van der Waals surface area (Å²) in [5.41, 5.74) is 6.39. The van der Waals surface area contributed by atoms with Gasteiger partial charge in [-0.3, -0.25) is 4.90 Å². The van der Waals surface area contributed by atoms with Crippen LogP contribution in [0.1, 0.15) is 32.1 Å². The summed E-state index contributed by atoms with van der Waals surface area (Å²) in [6.07, 6.45) is 6.31. The van der Waals surface area contributed by atoms with E-state index in [9.17, 15) is 0 Å². The Balaban J connectivity index is 1.57. The van der Waals surface area contributed by atoms with Crippen LogP contribution in [-0.4, -0.2) is 43.3 Å². The first-order valence-electron chi connectivity index (χ1n) is 5.88. The lowest BCUT2D eigenvalue weighted by atomic mass is 9.74. The van der Waals surface area contributed by atoms with Crippen molar-refractivity contribution in [3.05, 3.63) is 0 Å². The Hall–Kier alpha value is -0.120. The lowest BCUT2D eigenvalue weighted by Crippen LogP contribution is -2.47. The van der Waals surface area contributed by atoms with Crippen molar-refractivity contribution in [3.8, 4) is 0 Å². The normalized spacial score (nSPS) is 27.2. The van der Waals surface area contributed by atoms with Crippen LogP contribution in [-0.2, 0) is 4.74 Å². The van der Waals surface area contributed by atoms with Gasteiger partial charge >= 0.3 is 0 Å². The van der Waals surface area contributed by atoms with Gasteiger partial charge in [0.05, 0.1) is 13.2 Å². The van der Waals surface area contributed by atoms with E-state index in [0.29, 0.717) is 0 Å². The Labute approximate surface area is 86.6 Å². The summed E-state index contributed by atoms with van der Waals surface area (Å²) >= 11 is 0. The standard InChI is InChI=1S/C11H22N2O/c12-11(3-1-4-11)5-2-6-13-7-9-14-10-8-13/h1-10,12H2. The molecule has 0 radical (unpaired) electrons. The molecule has 0 aromatic carbocycles. The molecule has 2 fully saturated rings. The first kappa shape index (κ1) is 10.4. The van der Waals surface area contributed by atoms with Crippen molar-refractivity contribution in [1.29, 1.82) is 0 Å². The van der Waals surface area contributed by atoms with Crippen LogP contribution in [0, 0.1) is 0 Å². The summed E-state index contributed by atoms with van der Waals surface area (Å²) in [7, 11) is 0. The number of rotatable bonds is 4. The van der Waals surface area contributed by atoms with Crippen molar-refractivity contribution >= 4 is 0 Å². The second-order valence-electron chi connectivity index (χ2n) is 4.77. The fourth-order valence-electron chi connectivity index (χ4n) is 2.36. The molecule has 0 bridgehead atoms. The minimum absolute atomic E-state index is 0.215. The van der Waals surface area contributed by atoms with Crippen molar-refractivity contribution in [1.82, 2.24) is 4.90 Å². The molecule has 3 nitrogen and oxygen atoms in total. The van der Waals surface area contributed by atoms with Gasteiger partial charge in [0.2, 0.25) is 0 Å². The lowest BCUT2D eigenvalue weighted by Gasteiger charge is -2.39. The maximum atomic E-state index is 6.18. The van der Waals surface area contributed by atoms with Gasteiger partial charge in [0.1, 0.15) is 0 Å². The highest BCUT2D eigenvalue weighted by atomic mass is 16.5. The number of nitrogens with two attached hydrogens (primary N) is 1. The van der Waals surface area contributed by atoms with Gasteiger partial charge < -0.3 is 10.5 Å². The first-order chi connectivity index (χ1) is 6.79. The van der Waals surface area contributed by atoms with Crippen LogP contribution in [0.2, 0.25) is 0 Å². The molecular weight excluding hydrogens is 176 g/mol. The third kappa shape index (κ3) is 2.69. The van der Waals surface area contributed by atoms with E-state index in [0.717, 1.165) is 26.3 Å². The van der Waals surface area contributed by atoms with Crippen molar-refractivity contribution in [3.63, 3.8) is 0 Å². The highest BCUT2D eigenvalue weighted by Gasteiger charge is 2.31. The van der Waals surface area contributed by atoms with Crippen molar-refractivity contribution in [2.24, 2.45) is 5.73 Å². The largest absolute Gasteiger partial charge is 0.379 e. The van der Waals surface area contributed by atoms with E-state index >= 15 is 0 Å². The zero-order valence-corrected chi connectivity index (χ0v) is 9.00. The highest BCUT2D eigenvalue weighted by Crippen LogP contribution is 2.33. The predicted octanol–water partition coefficient (Wildman–Crippen LogP) is 0.980. The molecule has 0 atom stereocenters. The number of morpholine rings is 1. The SMILES string of the molecule is NC1(CCCN2CCOCC2)CCC1. The molecule has 2 rings (SSSR count). The van der Waals surface area contributed by atoms with Gasteiger partial charge in [-0.15, -0.1) is 0 Å². The van der Waals surface area contributed by atoms with Crippen LogP contribution in [0.15, 0.2) is 0 Å². The Kier molecular flexibility index (Phi) is 3.42. The van der Waals surface area contributed by atoms with E-state index in [1.165, 1.54) is 38.6 Å². The fourth-order valence-corrected chi connectivity index (χ4v) is 2.36. The van der Waals surface area contributed by atoms with E-state index in [1.807, 2.05) is 0 Å². The minimum atomic E-state index is 0.215. The second kappa shape index (κ2) is 4.60. The molecule has 2 aliphatic rings. The van der Waals surface area contributed by atoms with Crippen LogP contribution in [0.3, 0.4) is 0 Å². The van der Waals surface area contributed by atoms with E-state index in [4.69, 9.17) is 10.5 Å². The molecule has 1 saturated heterocycles. The Bertz CT molecular complexity index is 174. The van der Waals surface area contributed by atoms with E-state index in [-0.39, 0.29) is 5.54 Å². The maximum absolute atomic E-state index is 6.18. The zero-order valence-electron chi connectivity index (χ0n) is 9.00. The van der Waals surface area contributed by atoms with Gasteiger partial charge in [-0.05, 0) is 38.6 Å².